The number of methoxy groups -OCH3 is 1. The summed E-state index contributed by atoms with van der Waals surface area (Å²) in [5.74, 6) is 0.0363. The molecule has 0 saturated carbocycles. The van der Waals surface area contributed by atoms with Crippen molar-refractivity contribution >= 4 is 38.9 Å². The van der Waals surface area contributed by atoms with Crippen LogP contribution in [0.15, 0.2) is 47.4 Å². The molecule has 0 aromatic heterocycles. The van der Waals surface area contributed by atoms with Gasteiger partial charge in [0.15, 0.2) is 0 Å². The maximum Gasteiger partial charge on any atom is 0.261 e. The molecule has 0 bridgehead atoms. The van der Waals surface area contributed by atoms with Crippen LogP contribution in [0.3, 0.4) is 0 Å². The van der Waals surface area contributed by atoms with E-state index in [1.54, 1.807) is 24.3 Å². The van der Waals surface area contributed by atoms with Gasteiger partial charge in [0.2, 0.25) is 5.91 Å². The van der Waals surface area contributed by atoms with Gasteiger partial charge in [-0.05, 0) is 42.5 Å². The maximum absolute atomic E-state index is 12.4. The van der Waals surface area contributed by atoms with Crippen LogP contribution in [0.4, 0.5) is 11.4 Å². The van der Waals surface area contributed by atoms with Crippen molar-refractivity contribution in [2.75, 3.05) is 17.1 Å². The molecule has 122 valence electrons. The largest absolute Gasteiger partial charge is 0.495 e. The molecule has 2 aromatic carbocycles. The summed E-state index contributed by atoms with van der Waals surface area (Å²) in [7, 11) is -2.38. The second-order valence-electron chi connectivity index (χ2n) is 4.66. The van der Waals surface area contributed by atoms with Crippen LogP contribution in [0.1, 0.15) is 6.92 Å². The number of hydrogen-bond donors (Lipinski definition) is 2. The van der Waals surface area contributed by atoms with Gasteiger partial charge in [-0.2, -0.15) is 0 Å². The highest BCUT2D eigenvalue weighted by Crippen LogP contribution is 2.28. The average Bonchev–Trinajstić information content (AvgIpc) is 2.49. The van der Waals surface area contributed by atoms with Crippen molar-refractivity contribution in [3.63, 3.8) is 0 Å². The Hall–Kier alpha value is -2.25. The number of sulfonamides is 1. The summed E-state index contributed by atoms with van der Waals surface area (Å²) in [6.45, 7) is 1.33. The third kappa shape index (κ3) is 4.37. The van der Waals surface area contributed by atoms with Crippen LogP contribution >= 0.6 is 11.6 Å². The van der Waals surface area contributed by atoms with Crippen molar-refractivity contribution in [1.82, 2.24) is 0 Å². The molecule has 0 aliphatic heterocycles. The second kappa shape index (κ2) is 6.89. The van der Waals surface area contributed by atoms with Gasteiger partial charge in [-0.3, -0.25) is 9.52 Å². The number of anilines is 2. The van der Waals surface area contributed by atoms with Crippen molar-refractivity contribution < 1.29 is 17.9 Å². The lowest BCUT2D eigenvalue weighted by Gasteiger charge is -2.12. The topological polar surface area (TPSA) is 84.5 Å². The summed E-state index contributed by atoms with van der Waals surface area (Å²) in [6.07, 6.45) is 0. The van der Waals surface area contributed by atoms with Gasteiger partial charge >= 0.3 is 0 Å². The van der Waals surface area contributed by atoms with Crippen molar-refractivity contribution in [3.8, 4) is 5.75 Å². The lowest BCUT2D eigenvalue weighted by Crippen LogP contribution is -2.14. The molecule has 0 aliphatic rings. The van der Waals surface area contributed by atoms with Crippen LogP contribution in [0, 0.1) is 0 Å². The van der Waals surface area contributed by atoms with E-state index in [0.717, 1.165) is 0 Å². The van der Waals surface area contributed by atoms with Gasteiger partial charge in [-0.15, -0.1) is 0 Å². The molecule has 0 unspecified atom stereocenters. The highest BCUT2D eigenvalue weighted by Gasteiger charge is 2.17. The summed E-state index contributed by atoms with van der Waals surface area (Å²) in [6, 6.07) is 10.5. The van der Waals surface area contributed by atoms with E-state index < -0.39 is 10.0 Å². The number of amides is 1. The molecule has 0 fully saturated rings. The molecule has 23 heavy (non-hydrogen) atoms. The van der Waals surface area contributed by atoms with Gasteiger partial charge in [0.05, 0.1) is 17.7 Å². The molecular formula is C15H15ClN2O4S. The molecule has 0 heterocycles. The van der Waals surface area contributed by atoms with Crippen LogP contribution in [0.2, 0.25) is 5.02 Å². The Bertz CT molecular complexity index is 820. The second-order valence-corrected chi connectivity index (χ2v) is 6.77. The molecule has 0 spiro atoms. The standard InChI is InChI=1S/C15H15ClN2O4S/c1-10(19)17-14-9-13(7-8-15(14)22-2)23(20,21)18-12-5-3-11(16)4-6-12/h3-9,18H,1-2H3,(H,17,19). The zero-order valence-electron chi connectivity index (χ0n) is 12.5. The van der Waals surface area contributed by atoms with Crippen molar-refractivity contribution in [2.45, 2.75) is 11.8 Å². The Morgan fingerprint density at radius 3 is 2.35 bits per heavy atom. The van der Waals surface area contributed by atoms with Gasteiger partial charge in [0, 0.05) is 17.6 Å². The zero-order valence-corrected chi connectivity index (χ0v) is 14.0. The van der Waals surface area contributed by atoms with E-state index in [-0.39, 0.29) is 16.5 Å². The lowest BCUT2D eigenvalue weighted by atomic mass is 10.3. The van der Waals surface area contributed by atoms with E-state index in [1.807, 2.05) is 0 Å². The average molecular weight is 355 g/mol. The number of rotatable bonds is 5. The predicted octanol–water partition coefficient (Wildman–Crippen LogP) is 3.11. The fourth-order valence-electron chi connectivity index (χ4n) is 1.87. The molecule has 0 radical (unpaired) electrons. The third-order valence-electron chi connectivity index (χ3n) is 2.89. The molecule has 2 rings (SSSR count). The molecule has 0 saturated heterocycles. The number of ether oxygens (including phenoxy) is 1. The van der Waals surface area contributed by atoms with E-state index >= 15 is 0 Å². The van der Waals surface area contributed by atoms with Crippen LogP contribution in [0.5, 0.6) is 5.75 Å². The minimum atomic E-state index is -3.81. The number of benzene rings is 2. The summed E-state index contributed by atoms with van der Waals surface area (Å²) in [5.41, 5.74) is 0.658. The first kappa shape index (κ1) is 17.1. The maximum atomic E-state index is 12.4. The Kier molecular flexibility index (Phi) is 5.12. The minimum absolute atomic E-state index is 0.00278. The summed E-state index contributed by atoms with van der Waals surface area (Å²) in [5, 5.41) is 3.04. The van der Waals surface area contributed by atoms with Crippen molar-refractivity contribution in [1.29, 1.82) is 0 Å². The number of halogens is 1. The number of carbonyl (C=O) groups is 1. The fraction of sp³-hybridized carbons (Fsp3) is 0.133. The molecule has 2 N–H and O–H groups in total. The molecule has 2 aromatic rings. The summed E-state index contributed by atoms with van der Waals surface area (Å²) < 4.78 is 32.4. The number of nitrogens with one attached hydrogen (secondary N) is 2. The Morgan fingerprint density at radius 2 is 1.78 bits per heavy atom. The number of hydrogen-bond acceptors (Lipinski definition) is 4. The predicted molar refractivity (Wildman–Crippen MR) is 89.6 cm³/mol. The van der Waals surface area contributed by atoms with Gasteiger partial charge in [-0.1, -0.05) is 11.6 Å². The quantitative estimate of drug-likeness (QED) is 0.864. The first-order valence-electron chi connectivity index (χ1n) is 6.56. The van der Waals surface area contributed by atoms with Crippen LogP contribution < -0.4 is 14.8 Å². The van der Waals surface area contributed by atoms with Crippen LogP contribution in [0.25, 0.3) is 0 Å². The number of carbonyl (C=O) groups excluding carboxylic acids is 1. The molecule has 6 nitrogen and oxygen atoms in total. The van der Waals surface area contributed by atoms with E-state index in [2.05, 4.69) is 10.0 Å². The monoisotopic (exact) mass is 354 g/mol. The summed E-state index contributed by atoms with van der Waals surface area (Å²) in [4.78, 5) is 11.2. The third-order valence-corrected chi connectivity index (χ3v) is 4.52. The highest BCUT2D eigenvalue weighted by molar-refractivity contribution is 7.92. The Labute approximate surface area is 139 Å². The van der Waals surface area contributed by atoms with Gasteiger partial charge in [-0.25, -0.2) is 8.42 Å². The lowest BCUT2D eigenvalue weighted by molar-refractivity contribution is -0.114. The molecule has 0 atom stereocenters. The van der Waals surface area contributed by atoms with E-state index in [9.17, 15) is 13.2 Å². The van der Waals surface area contributed by atoms with E-state index in [0.29, 0.717) is 16.5 Å². The van der Waals surface area contributed by atoms with Crippen molar-refractivity contribution in [3.05, 3.63) is 47.5 Å². The van der Waals surface area contributed by atoms with E-state index in [1.165, 1.54) is 32.2 Å². The van der Waals surface area contributed by atoms with E-state index in [4.69, 9.17) is 16.3 Å². The van der Waals surface area contributed by atoms with Crippen molar-refractivity contribution in [2.24, 2.45) is 0 Å². The SMILES string of the molecule is COc1ccc(S(=O)(=O)Nc2ccc(Cl)cc2)cc1NC(C)=O. The molecule has 8 heteroatoms. The van der Waals surface area contributed by atoms with Crippen LogP contribution in [-0.4, -0.2) is 21.4 Å². The Balaban J connectivity index is 2.35. The van der Waals surface area contributed by atoms with Crippen LogP contribution in [-0.2, 0) is 14.8 Å². The molecule has 0 aliphatic carbocycles. The summed E-state index contributed by atoms with van der Waals surface area (Å²) >= 11 is 5.77. The highest BCUT2D eigenvalue weighted by atomic mass is 35.5. The molecule has 1 amide bonds. The first-order chi connectivity index (χ1) is 10.8. The smallest absolute Gasteiger partial charge is 0.261 e. The normalized spacial score (nSPS) is 10.9. The molecular weight excluding hydrogens is 340 g/mol. The Morgan fingerprint density at radius 1 is 1.13 bits per heavy atom. The van der Waals surface area contributed by atoms with Gasteiger partial charge in [0.25, 0.3) is 10.0 Å². The first-order valence-corrected chi connectivity index (χ1v) is 8.42. The minimum Gasteiger partial charge on any atom is -0.495 e. The fourth-order valence-corrected chi connectivity index (χ4v) is 3.08. The van der Waals surface area contributed by atoms with Gasteiger partial charge < -0.3 is 10.1 Å². The van der Waals surface area contributed by atoms with Gasteiger partial charge in [0.1, 0.15) is 5.75 Å². The zero-order chi connectivity index (χ0) is 17.0.